The summed E-state index contributed by atoms with van der Waals surface area (Å²) in [7, 11) is 0. The van der Waals surface area contributed by atoms with Gasteiger partial charge in [-0.1, -0.05) is 47.3 Å². The maximum atomic E-state index is 5.41. The molecule has 0 N–H and O–H groups in total. The number of fused-ring (bicyclic) bond motifs is 1. The zero-order valence-corrected chi connectivity index (χ0v) is 16.4. The quantitative estimate of drug-likeness (QED) is 0.362. The molecule has 4 aromatic rings. The highest BCUT2D eigenvalue weighted by Crippen LogP contribution is 2.36. The Bertz CT molecular complexity index is 1060. The molecule has 0 amide bonds. The van der Waals surface area contributed by atoms with Crippen molar-refractivity contribution in [3.05, 3.63) is 63.9 Å². The molecule has 0 aliphatic rings. The SMILES string of the molecule is Cc1nc(SCc2nc(Cc3ccccc3)no2)c2c(C)c(C)sc2n1. The van der Waals surface area contributed by atoms with Gasteiger partial charge in [-0.05, 0) is 31.9 Å². The maximum Gasteiger partial charge on any atom is 0.237 e. The van der Waals surface area contributed by atoms with Crippen molar-refractivity contribution in [2.24, 2.45) is 0 Å². The number of nitrogens with zero attached hydrogens (tertiary/aromatic N) is 4. The van der Waals surface area contributed by atoms with Crippen LogP contribution in [0.3, 0.4) is 0 Å². The Balaban J connectivity index is 1.52. The van der Waals surface area contributed by atoms with Crippen molar-refractivity contribution < 1.29 is 4.52 Å². The number of hydrogen-bond donors (Lipinski definition) is 0. The summed E-state index contributed by atoms with van der Waals surface area (Å²) in [4.78, 5) is 16.0. The third kappa shape index (κ3) is 3.50. The van der Waals surface area contributed by atoms with Gasteiger partial charge in [0.1, 0.15) is 15.7 Å². The molecular weight excluding hydrogens is 364 g/mol. The van der Waals surface area contributed by atoms with Gasteiger partial charge >= 0.3 is 0 Å². The zero-order valence-electron chi connectivity index (χ0n) is 14.8. The molecule has 26 heavy (non-hydrogen) atoms. The average Bonchev–Trinajstić information content (AvgIpc) is 3.18. The number of aryl methyl sites for hydroxylation is 3. The Hall–Kier alpha value is -2.25. The van der Waals surface area contributed by atoms with Gasteiger partial charge in [0.15, 0.2) is 5.82 Å². The summed E-state index contributed by atoms with van der Waals surface area (Å²) in [5.41, 5.74) is 2.42. The molecule has 0 saturated carbocycles. The van der Waals surface area contributed by atoms with Crippen molar-refractivity contribution >= 4 is 33.3 Å². The normalized spacial score (nSPS) is 11.3. The number of rotatable bonds is 5. The summed E-state index contributed by atoms with van der Waals surface area (Å²) < 4.78 is 5.41. The summed E-state index contributed by atoms with van der Waals surface area (Å²) in [5.74, 6) is 2.71. The van der Waals surface area contributed by atoms with Crippen LogP contribution in [-0.2, 0) is 12.2 Å². The van der Waals surface area contributed by atoms with Gasteiger partial charge in [-0.2, -0.15) is 4.98 Å². The van der Waals surface area contributed by atoms with E-state index in [1.807, 2.05) is 25.1 Å². The Kier molecular flexibility index (Phi) is 4.74. The van der Waals surface area contributed by atoms with Gasteiger partial charge in [0.2, 0.25) is 5.89 Å². The number of aromatic nitrogens is 4. The number of thioether (sulfide) groups is 1. The predicted molar refractivity (Wildman–Crippen MR) is 105 cm³/mol. The number of hydrogen-bond acceptors (Lipinski definition) is 7. The first-order chi connectivity index (χ1) is 12.6. The molecule has 132 valence electrons. The number of thiophene rings is 1. The van der Waals surface area contributed by atoms with Crippen molar-refractivity contribution in [3.63, 3.8) is 0 Å². The largest absolute Gasteiger partial charge is 0.338 e. The molecule has 0 spiro atoms. The first-order valence-corrected chi connectivity index (χ1v) is 10.1. The molecule has 0 radical (unpaired) electrons. The van der Waals surface area contributed by atoms with Crippen molar-refractivity contribution in [2.45, 2.75) is 38.0 Å². The molecule has 0 aliphatic heterocycles. The third-order valence-corrected chi connectivity index (χ3v) is 6.22. The van der Waals surface area contributed by atoms with Crippen LogP contribution in [-0.4, -0.2) is 20.1 Å². The molecule has 3 aromatic heterocycles. The summed E-state index contributed by atoms with van der Waals surface area (Å²) in [6.45, 7) is 6.18. The van der Waals surface area contributed by atoms with Gasteiger partial charge in [-0.3, -0.25) is 0 Å². The van der Waals surface area contributed by atoms with E-state index in [4.69, 9.17) is 4.52 Å². The van der Waals surface area contributed by atoms with E-state index in [0.29, 0.717) is 23.9 Å². The molecule has 0 bridgehead atoms. The van der Waals surface area contributed by atoms with Crippen LogP contribution in [0.5, 0.6) is 0 Å². The average molecular weight is 383 g/mol. The smallest absolute Gasteiger partial charge is 0.237 e. The monoisotopic (exact) mass is 382 g/mol. The van der Waals surface area contributed by atoms with Crippen LogP contribution in [0.1, 0.15) is 33.5 Å². The highest BCUT2D eigenvalue weighted by molar-refractivity contribution is 7.98. The molecule has 0 aliphatic carbocycles. The van der Waals surface area contributed by atoms with Gasteiger partial charge in [-0.25, -0.2) is 9.97 Å². The lowest BCUT2D eigenvalue weighted by Gasteiger charge is -2.03. The fourth-order valence-electron chi connectivity index (χ4n) is 2.75. The van der Waals surface area contributed by atoms with Gasteiger partial charge in [0.05, 0.1) is 5.75 Å². The van der Waals surface area contributed by atoms with Crippen molar-refractivity contribution in [1.82, 2.24) is 20.1 Å². The van der Waals surface area contributed by atoms with Crippen LogP contribution >= 0.6 is 23.1 Å². The molecule has 0 unspecified atom stereocenters. The third-order valence-electron chi connectivity index (χ3n) is 4.15. The Labute approximate surface area is 159 Å². The predicted octanol–water partition coefficient (Wildman–Crippen LogP) is 4.88. The van der Waals surface area contributed by atoms with Crippen molar-refractivity contribution in [2.75, 3.05) is 0 Å². The lowest BCUT2D eigenvalue weighted by atomic mass is 10.1. The van der Waals surface area contributed by atoms with Crippen LogP contribution in [0.25, 0.3) is 10.2 Å². The van der Waals surface area contributed by atoms with E-state index in [0.717, 1.165) is 21.1 Å². The van der Waals surface area contributed by atoms with E-state index in [1.165, 1.54) is 16.0 Å². The van der Waals surface area contributed by atoms with E-state index in [-0.39, 0.29) is 0 Å². The maximum absolute atomic E-state index is 5.41. The molecule has 5 nitrogen and oxygen atoms in total. The minimum atomic E-state index is 0.599. The summed E-state index contributed by atoms with van der Waals surface area (Å²) in [6, 6.07) is 10.2. The van der Waals surface area contributed by atoms with E-state index in [1.54, 1.807) is 23.1 Å². The Morgan fingerprint density at radius 1 is 1.04 bits per heavy atom. The second-order valence-electron chi connectivity index (χ2n) is 6.09. The molecular formula is C19H18N4OS2. The van der Waals surface area contributed by atoms with Gasteiger partial charge in [-0.15, -0.1) is 11.3 Å². The van der Waals surface area contributed by atoms with Crippen LogP contribution in [0.2, 0.25) is 0 Å². The molecule has 4 rings (SSSR count). The van der Waals surface area contributed by atoms with Crippen LogP contribution in [0.15, 0.2) is 39.9 Å². The molecule has 0 saturated heterocycles. The van der Waals surface area contributed by atoms with Crippen molar-refractivity contribution in [3.8, 4) is 0 Å². The fourth-order valence-corrected chi connectivity index (χ4v) is 4.86. The minimum Gasteiger partial charge on any atom is -0.338 e. The molecule has 0 fully saturated rings. The minimum absolute atomic E-state index is 0.599. The molecule has 0 atom stereocenters. The van der Waals surface area contributed by atoms with Crippen molar-refractivity contribution in [1.29, 1.82) is 0 Å². The lowest BCUT2D eigenvalue weighted by Crippen LogP contribution is -1.93. The second kappa shape index (κ2) is 7.17. The van der Waals surface area contributed by atoms with Crippen LogP contribution in [0, 0.1) is 20.8 Å². The number of benzene rings is 1. The highest BCUT2D eigenvalue weighted by Gasteiger charge is 2.15. The first kappa shape index (κ1) is 17.2. The molecule has 1 aromatic carbocycles. The highest BCUT2D eigenvalue weighted by atomic mass is 32.2. The van der Waals surface area contributed by atoms with E-state index in [9.17, 15) is 0 Å². The van der Waals surface area contributed by atoms with Crippen LogP contribution < -0.4 is 0 Å². The summed E-state index contributed by atoms with van der Waals surface area (Å²) in [5, 5.41) is 6.22. The van der Waals surface area contributed by atoms with Gasteiger partial charge in [0.25, 0.3) is 0 Å². The Morgan fingerprint density at radius 2 is 1.85 bits per heavy atom. The van der Waals surface area contributed by atoms with E-state index < -0.39 is 0 Å². The summed E-state index contributed by atoms with van der Waals surface area (Å²) in [6.07, 6.45) is 0.675. The lowest BCUT2D eigenvalue weighted by molar-refractivity contribution is 0.386. The standard InChI is InChI=1S/C19H18N4OS2/c1-11-12(2)26-19-17(11)18(20-13(3)21-19)25-10-16-22-15(23-24-16)9-14-7-5-4-6-8-14/h4-8H,9-10H2,1-3H3. The zero-order chi connectivity index (χ0) is 18.1. The van der Waals surface area contributed by atoms with Crippen LogP contribution in [0.4, 0.5) is 0 Å². The molecule has 3 heterocycles. The molecule has 7 heteroatoms. The van der Waals surface area contributed by atoms with Gasteiger partial charge in [0, 0.05) is 16.7 Å². The van der Waals surface area contributed by atoms with E-state index >= 15 is 0 Å². The topological polar surface area (TPSA) is 64.7 Å². The van der Waals surface area contributed by atoms with Gasteiger partial charge < -0.3 is 4.52 Å². The fraction of sp³-hybridized carbons (Fsp3) is 0.263. The Morgan fingerprint density at radius 3 is 2.65 bits per heavy atom. The second-order valence-corrected chi connectivity index (χ2v) is 8.26. The van der Waals surface area contributed by atoms with E-state index in [2.05, 4.69) is 46.1 Å². The first-order valence-electron chi connectivity index (χ1n) is 8.32. The summed E-state index contributed by atoms with van der Waals surface area (Å²) >= 11 is 3.34.